The predicted molar refractivity (Wildman–Crippen MR) is 108 cm³/mol. The maximum absolute atomic E-state index is 4.62. The van der Waals surface area contributed by atoms with Crippen molar-refractivity contribution in [2.45, 2.75) is 33.4 Å². The van der Waals surface area contributed by atoms with E-state index in [1.807, 2.05) is 6.07 Å². The Labute approximate surface area is 155 Å². The van der Waals surface area contributed by atoms with Crippen molar-refractivity contribution in [1.29, 1.82) is 0 Å². The maximum Gasteiger partial charge on any atom is 0.191 e. The minimum absolute atomic E-state index is 0.775. The van der Waals surface area contributed by atoms with E-state index >= 15 is 0 Å². The first kappa shape index (κ1) is 18.0. The van der Waals surface area contributed by atoms with Crippen molar-refractivity contribution in [3.8, 4) is 0 Å². The molecule has 0 aliphatic heterocycles. The zero-order valence-electron chi connectivity index (χ0n) is 15.8. The highest BCUT2D eigenvalue weighted by Gasteiger charge is 2.06. The van der Waals surface area contributed by atoms with Crippen LogP contribution in [-0.4, -0.2) is 29.1 Å². The zero-order valence-corrected chi connectivity index (χ0v) is 15.8. The van der Waals surface area contributed by atoms with Gasteiger partial charge in [0.2, 0.25) is 0 Å². The smallest absolute Gasteiger partial charge is 0.191 e. The Morgan fingerprint density at radius 1 is 1.04 bits per heavy atom. The number of nitrogens with one attached hydrogen (secondary N) is 2. The SMILES string of the molecule is CN=C(NCCCn1c(C)nc2ccccc21)NCc1ccccc1C. The van der Waals surface area contributed by atoms with Crippen LogP contribution in [0.3, 0.4) is 0 Å². The number of aryl methyl sites for hydroxylation is 3. The Morgan fingerprint density at radius 2 is 1.81 bits per heavy atom. The molecule has 2 N–H and O–H groups in total. The summed E-state index contributed by atoms with van der Waals surface area (Å²) in [5, 5.41) is 6.78. The van der Waals surface area contributed by atoms with Gasteiger partial charge in [0.1, 0.15) is 5.82 Å². The molecule has 0 unspecified atom stereocenters. The van der Waals surface area contributed by atoms with Crippen molar-refractivity contribution in [2.75, 3.05) is 13.6 Å². The number of imidazole rings is 1. The average molecular weight is 349 g/mol. The first-order valence-corrected chi connectivity index (χ1v) is 9.10. The molecule has 0 aliphatic carbocycles. The van der Waals surface area contributed by atoms with E-state index in [0.29, 0.717) is 0 Å². The van der Waals surface area contributed by atoms with E-state index < -0.39 is 0 Å². The number of hydrogen-bond acceptors (Lipinski definition) is 2. The third-order valence-electron chi connectivity index (χ3n) is 4.63. The van der Waals surface area contributed by atoms with E-state index in [4.69, 9.17) is 0 Å². The van der Waals surface area contributed by atoms with Crippen molar-refractivity contribution in [1.82, 2.24) is 20.2 Å². The molecule has 0 saturated carbocycles. The molecule has 3 rings (SSSR count). The van der Waals surface area contributed by atoms with Crippen molar-refractivity contribution in [2.24, 2.45) is 4.99 Å². The fraction of sp³-hybridized carbons (Fsp3) is 0.333. The number of aliphatic imine (C=N–C) groups is 1. The molecule has 5 nitrogen and oxygen atoms in total. The van der Waals surface area contributed by atoms with Crippen LogP contribution in [0.5, 0.6) is 0 Å². The molecule has 3 aromatic rings. The number of guanidine groups is 1. The molecule has 136 valence electrons. The second kappa shape index (κ2) is 8.52. The highest BCUT2D eigenvalue weighted by molar-refractivity contribution is 5.79. The van der Waals surface area contributed by atoms with Crippen molar-refractivity contribution < 1.29 is 0 Å². The molecule has 1 aromatic heterocycles. The summed E-state index contributed by atoms with van der Waals surface area (Å²) in [7, 11) is 1.81. The molecule has 0 fully saturated rings. The van der Waals surface area contributed by atoms with E-state index in [1.165, 1.54) is 16.6 Å². The second-order valence-electron chi connectivity index (χ2n) is 6.43. The topological polar surface area (TPSA) is 54.2 Å². The van der Waals surface area contributed by atoms with Gasteiger partial charge in [0.05, 0.1) is 11.0 Å². The van der Waals surface area contributed by atoms with Crippen LogP contribution in [0.1, 0.15) is 23.4 Å². The van der Waals surface area contributed by atoms with Gasteiger partial charge in [-0.1, -0.05) is 36.4 Å². The molecule has 5 heteroatoms. The predicted octanol–water partition coefficient (Wildman–Crippen LogP) is 3.41. The fourth-order valence-corrected chi connectivity index (χ4v) is 3.13. The average Bonchev–Trinajstić information content (AvgIpc) is 2.97. The van der Waals surface area contributed by atoms with Gasteiger partial charge in [0.15, 0.2) is 5.96 Å². The number of benzene rings is 2. The fourth-order valence-electron chi connectivity index (χ4n) is 3.13. The van der Waals surface area contributed by atoms with Crippen molar-refractivity contribution >= 4 is 17.0 Å². The number of rotatable bonds is 6. The molecule has 0 saturated heterocycles. The monoisotopic (exact) mass is 349 g/mol. The standard InChI is InChI=1S/C21H27N5/c1-16-9-4-5-10-18(16)15-24-21(22-3)23-13-8-14-26-17(2)25-19-11-6-7-12-20(19)26/h4-7,9-12H,8,13-15H2,1-3H3,(H2,22,23,24). The third-order valence-corrected chi connectivity index (χ3v) is 4.63. The second-order valence-corrected chi connectivity index (χ2v) is 6.43. The third kappa shape index (κ3) is 4.23. The zero-order chi connectivity index (χ0) is 18.4. The summed E-state index contributed by atoms with van der Waals surface area (Å²) in [5.41, 5.74) is 4.84. The number of fused-ring (bicyclic) bond motifs is 1. The Bertz CT molecular complexity index is 894. The summed E-state index contributed by atoms with van der Waals surface area (Å²) in [6.07, 6.45) is 1.01. The van der Waals surface area contributed by atoms with Gasteiger partial charge < -0.3 is 15.2 Å². The van der Waals surface area contributed by atoms with Gasteiger partial charge in [-0.25, -0.2) is 4.98 Å². The number of nitrogens with zero attached hydrogens (tertiary/aromatic N) is 3. The number of hydrogen-bond donors (Lipinski definition) is 2. The van der Waals surface area contributed by atoms with Gasteiger partial charge in [-0.3, -0.25) is 4.99 Å². The van der Waals surface area contributed by atoms with E-state index in [-0.39, 0.29) is 0 Å². The van der Waals surface area contributed by atoms with Crippen molar-refractivity contribution in [3.63, 3.8) is 0 Å². The van der Waals surface area contributed by atoms with Crippen LogP contribution in [0.15, 0.2) is 53.5 Å². The first-order chi connectivity index (χ1) is 12.7. The van der Waals surface area contributed by atoms with Crippen LogP contribution >= 0.6 is 0 Å². The van der Waals surface area contributed by atoms with Gasteiger partial charge in [-0.15, -0.1) is 0 Å². The lowest BCUT2D eigenvalue weighted by Crippen LogP contribution is -2.37. The highest BCUT2D eigenvalue weighted by Crippen LogP contribution is 2.15. The Balaban J connectivity index is 1.49. The molecule has 0 bridgehead atoms. The van der Waals surface area contributed by atoms with Gasteiger partial charge in [-0.05, 0) is 43.5 Å². The van der Waals surface area contributed by atoms with Crippen LogP contribution in [0, 0.1) is 13.8 Å². The minimum Gasteiger partial charge on any atom is -0.356 e. The van der Waals surface area contributed by atoms with E-state index in [1.54, 1.807) is 7.05 Å². The summed E-state index contributed by atoms with van der Waals surface area (Å²) < 4.78 is 2.28. The summed E-state index contributed by atoms with van der Waals surface area (Å²) in [4.78, 5) is 8.93. The van der Waals surface area contributed by atoms with Crippen LogP contribution < -0.4 is 10.6 Å². The Hall–Kier alpha value is -2.82. The maximum atomic E-state index is 4.62. The molecular formula is C21H27N5. The summed E-state index contributed by atoms with van der Waals surface area (Å²) >= 11 is 0. The molecule has 0 aliphatic rings. The molecule has 0 spiro atoms. The van der Waals surface area contributed by atoms with Gasteiger partial charge in [0.25, 0.3) is 0 Å². The lowest BCUT2D eigenvalue weighted by atomic mass is 10.1. The van der Waals surface area contributed by atoms with E-state index in [2.05, 4.69) is 81.5 Å². The normalized spacial score (nSPS) is 11.7. The lowest BCUT2D eigenvalue weighted by Gasteiger charge is -2.13. The van der Waals surface area contributed by atoms with Crippen LogP contribution in [0.2, 0.25) is 0 Å². The van der Waals surface area contributed by atoms with E-state index in [0.717, 1.165) is 43.4 Å². The lowest BCUT2D eigenvalue weighted by molar-refractivity contribution is 0.624. The Kier molecular flexibility index (Phi) is 5.89. The van der Waals surface area contributed by atoms with Crippen LogP contribution in [0.4, 0.5) is 0 Å². The summed E-state index contributed by atoms with van der Waals surface area (Å²) in [6.45, 7) is 6.77. The van der Waals surface area contributed by atoms with Crippen molar-refractivity contribution in [3.05, 3.63) is 65.5 Å². The largest absolute Gasteiger partial charge is 0.356 e. The van der Waals surface area contributed by atoms with Crippen LogP contribution in [-0.2, 0) is 13.1 Å². The first-order valence-electron chi connectivity index (χ1n) is 9.10. The van der Waals surface area contributed by atoms with Gasteiger partial charge in [-0.2, -0.15) is 0 Å². The molecular weight excluding hydrogens is 322 g/mol. The van der Waals surface area contributed by atoms with Gasteiger partial charge in [0, 0.05) is 26.7 Å². The number of aromatic nitrogens is 2. The summed E-state index contributed by atoms with van der Waals surface area (Å²) in [6, 6.07) is 16.7. The minimum atomic E-state index is 0.775. The van der Waals surface area contributed by atoms with E-state index in [9.17, 15) is 0 Å². The quantitative estimate of drug-likeness (QED) is 0.407. The molecule has 26 heavy (non-hydrogen) atoms. The molecule has 0 amide bonds. The molecule has 1 heterocycles. The summed E-state index contributed by atoms with van der Waals surface area (Å²) in [5.74, 6) is 1.90. The number of para-hydroxylation sites is 2. The molecule has 0 radical (unpaired) electrons. The van der Waals surface area contributed by atoms with Gasteiger partial charge >= 0.3 is 0 Å². The molecule has 0 atom stereocenters. The highest BCUT2D eigenvalue weighted by atomic mass is 15.2. The van der Waals surface area contributed by atoms with Crippen LogP contribution in [0.25, 0.3) is 11.0 Å². The molecule has 2 aromatic carbocycles. The Morgan fingerprint density at radius 3 is 2.62 bits per heavy atom.